The van der Waals surface area contributed by atoms with Crippen molar-refractivity contribution in [1.82, 2.24) is 0 Å². The van der Waals surface area contributed by atoms with Gasteiger partial charge in [-0.05, 0) is 0 Å². The van der Waals surface area contributed by atoms with E-state index < -0.39 is 41.8 Å². The van der Waals surface area contributed by atoms with Crippen LogP contribution in [0.25, 0.3) is 0 Å². The average molecular weight is 425 g/mol. The number of rotatable bonds is 0. The molecule has 0 nitrogen and oxygen atoms in total. The summed E-state index contributed by atoms with van der Waals surface area (Å²) in [5, 5.41) is 0. The zero-order valence-electron chi connectivity index (χ0n) is 13.8. The summed E-state index contributed by atoms with van der Waals surface area (Å²) in [7, 11) is 7.24. The van der Waals surface area contributed by atoms with Crippen LogP contribution in [0.2, 0.25) is 58.9 Å². The van der Waals surface area contributed by atoms with Gasteiger partial charge >= 0.3 is 36.0 Å². The monoisotopic (exact) mass is 424 g/mol. The van der Waals surface area contributed by atoms with Crippen molar-refractivity contribution < 1.29 is 17.6 Å². The Morgan fingerprint density at radius 2 is 0.556 bits per heavy atom. The summed E-state index contributed by atoms with van der Waals surface area (Å²) in [5.41, 5.74) is 0. The SMILES string of the molecule is [CH2-][Si](C)(C)C.[CH2-][Si](C)(C)C.[CH2-][Si](C)(C)C.[Cl][Nb][Cl]. The van der Waals surface area contributed by atoms with Crippen molar-refractivity contribution in [1.29, 1.82) is 0 Å². The van der Waals surface area contributed by atoms with Gasteiger partial charge in [0.25, 0.3) is 0 Å². The molecule has 0 heterocycles. The van der Waals surface area contributed by atoms with Crippen LogP contribution in [-0.2, 0) is 17.6 Å². The molecule has 0 saturated heterocycles. The average Bonchev–Trinajstić information content (AvgIpc) is 1.71. The van der Waals surface area contributed by atoms with Crippen molar-refractivity contribution in [2.75, 3.05) is 0 Å². The molecule has 0 saturated carbocycles. The molecule has 0 fully saturated rings. The Morgan fingerprint density at radius 3 is 0.556 bits per heavy atom. The summed E-state index contributed by atoms with van der Waals surface area (Å²) in [4.78, 5) is 0. The van der Waals surface area contributed by atoms with E-state index in [2.05, 4.69) is 78.6 Å². The minimum atomic E-state index is -0.861. The van der Waals surface area contributed by atoms with E-state index in [1.54, 1.807) is 0 Å². The van der Waals surface area contributed by atoms with Crippen molar-refractivity contribution in [2.45, 2.75) is 58.9 Å². The maximum absolute atomic E-state index is 4.91. The van der Waals surface area contributed by atoms with Crippen molar-refractivity contribution in [3.8, 4) is 0 Å². The third-order valence-corrected chi connectivity index (χ3v) is 0. The van der Waals surface area contributed by atoms with Gasteiger partial charge in [0.15, 0.2) is 0 Å². The fraction of sp³-hybridized carbons (Fsp3) is 0.750. The normalized spacial score (nSPS) is 10.8. The third kappa shape index (κ3) is 1330. The quantitative estimate of drug-likeness (QED) is 0.308. The first-order valence-electron chi connectivity index (χ1n) is 5.90. The Bertz CT molecular complexity index is 112. The molecular formula is C12H33Cl2NbSi3-3. The van der Waals surface area contributed by atoms with Gasteiger partial charge in [0, 0.05) is 0 Å². The molecule has 0 N–H and O–H groups in total. The fourth-order valence-electron chi connectivity index (χ4n) is 0. The standard InChI is InChI=1S/3C4H11Si.2ClH.Nb/c3*1-5(2,3)4;;;/h3*1H2,2-4H3;2*1H;/q3*-1;;;+2/p-2. The second-order valence-electron chi connectivity index (χ2n) is 7.75. The molecule has 18 heavy (non-hydrogen) atoms. The molecule has 0 aliphatic carbocycles. The summed E-state index contributed by atoms with van der Waals surface area (Å²) >= 11 is -0.706. The molecular weight excluding hydrogens is 392 g/mol. The Labute approximate surface area is 138 Å². The molecule has 0 atom stereocenters. The molecule has 0 radical (unpaired) electrons. The van der Waals surface area contributed by atoms with Gasteiger partial charge in [-0.1, -0.05) is 58.9 Å². The van der Waals surface area contributed by atoms with Gasteiger partial charge in [-0.3, -0.25) is 0 Å². The second-order valence-corrected chi connectivity index (χ2v) is 26.4. The summed E-state index contributed by atoms with van der Waals surface area (Å²) in [6, 6.07) is 0. The van der Waals surface area contributed by atoms with Crippen LogP contribution in [0.3, 0.4) is 0 Å². The Kier molecular flexibility index (Phi) is 21.8. The van der Waals surface area contributed by atoms with E-state index >= 15 is 0 Å². The van der Waals surface area contributed by atoms with E-state index in [1.807, 2.05) is 0 Å². The van der Waals surface area contributed by atoms with E-state index in [1.165, 1.54) is 0 Å². The number of hydrogen-bond donors (Lipinski definition) is 0. The Balaban J connectivity index is -0.0000000739. The number of halogens is 2. The molecule has 0 amide bonds. The van der Waals surface area contributed by atoms with Crippen LogP contribution in [0, 0.1) is 19.6 Å². The van der Waals surface area contributed by atoms with Crippen LogP contribution >= 0.6 is 18.4 Å². The summed E-state index contributed by atoms with van der Waals surface area (Å²) in [6.07, 6.45) is 0. The van der Waals surface area contributed by atoms with Gasteiger partial charge in [0.2, 0.25) is 0 Å². The topological polar surface area (TPSA) is 0 Å². The van der Waals surface area contributed by atoms with Crippen molar-refractivity contribution in [3.05, 3.63) is 19.6 Å². The third-order valence-electron chi connectivity index (χ3n) is 0. The maximum atomic E-state index is 4.91. The predicted molar refractivity (Wildman–Crippen MR) is 97.8 cm³/mol. The van der Waals surface area contributed by atoms with Crippen molar-refractivity contribution in [2.24, 2.45) is 0 Å². The first-order chi connectivity index (χ1) is 7.41. The van der Waals surface area contributed by atoms with Gasteiger partial charge in [-0.25, -0.2) is 0 Å². The van der Waals surface area contributed by atoms with Gasteiger partial charge in [0.05, 0.1) is 0 Å². The van der Waals surface area contributed by atoms with E-state index in [0.29, 0.717) is 0 Å². The molecule has 0 aromatic heterocycles. The van der Waals surface area contributed by atoms with E-state index in [-0.39, 0.29) is 0 Å². The molecule has 0 aromatic carbocycles. The summed E-state index contributed by atoms with van der Waals surface area (Å²) < 4.78 is 0. The number of hydrogen-bond acceptors (Lipinski definition) is 0. The van der Waals surface area contributed by atoms with Crippen LogP contribution in [0.15, 0.2) is 0 Å². The van der Waals surface area contributed by atoms with Gasteiger partial charge in [0.1, 0.15) is 0 Å². The van der Waals surface area contributed by atoms with Crippen LogP contribution in [0.4, 0.5) is 0 Å². The molecule has 0 aromatic rings. The van der Waals surface area contributed by atoms with Gasteiger partial charge in [-0.15, -0.1) is 24.2 Å². The Morgan fingerprint density at radius 1 is 0.556 bits per heavy atom. The van der Waals surface area contributed by atoms with Gasteiger partial charge in [-0.2, -0.15) is 0 Å². The first-order valence-corrected chi connectivity index (χ1v) is 22.7. The molecule has 0 unspecified atom stereocenters. The van der Waals surface area contributed by atoms with Crippen LogP contribution < -0.4 is 0 Å². The minimum absolute atomic E-state index is 0.706. The molecule has 6 heteroatoms. The van der Waals surface area contributed by atoms with Crippen molar-refractivity contribution in [3.63, 3.8) is 0 Å². The van der Waals surface area contributed by atoms with Crippen LogP contribution in [-0.4, -0.2) is 24.2 Å². The first kappa shape index (κ1) is 28.2. The molecule has 115 valence electrons. The van der Waals surface area contributed by atoms with Crippen molar-refractivity contribution >= 4 is 42.6 Å². The molecule has 0 bridgehead atoms. The molecule has 0 spiro atoms. The van der Waals surface area contributed by atoms with Crippen LogP contribution in [0.5, 0.6) is 0 Å². The molecule has 0 rings (SSSR count). The second kappa shape index (κ2) is 13.9. The molecule has 0 aliphatic heterocycles. The predicted octanol–water partition coefficient (Wildman–Crippen LogP) is 6.47. The molecule has 0 aliphatic rings. The fourth-order valence-corrected chi connectivity index (χ4v) is 0. The Hall–Kier alpha value is 1.97. The zero-order chi connectivity index (χ0) is 16.2. The van der Waals surface area contributed by atoms with E-state index in [4.69, 9.17) is 18.4 Å². The zero-order valence-corrected chi connectivity index (χ0v) is 20.5. The van der Waals surface area contributed by atoms with Crippen LogP contribution in [0.1, 0.15) is 0 Å². The summed E-state index contributed by atoms with van der Waals surface area (Å²) in [5.74, 6) is 0. The summed E-state index contributed by atoms with van der Waals surface area (Å²) in [6.45, 7) is 31.7. The van der Waals surface area contributed by atoms with E-state index in [9.17, 15) is 0 Å². The van der Waals surface area contributed by atoms with E-state index in [0.717, 1.165) is 0 Å². The van der Waals surface area contributed by atoms with Gasteiger partial charge < -0.3 is 19.6 Å².